The Labute approximate surface area is 126 Å². The average Bonchev–Trinajstić information content (AvgIpc) is 2.88. The highest BCUT2D eigenvalue weighted by Crippen LogP contribution is 2.35. The monoisotopic (exact) mass is 293 g/mol. The third kappa shape index (κ3) is 2.67. The number of likely N-dealkylation sites (N-methyl/N-ethyl adjacent to an activating group) is 1. The van der Waals surface area contributed by atoms with Crippen LogP contribution in [0.15, 0.2) is 18.2 Å². The molecule has 3 nitrogen and oxygen atoms in total. The molecule has 1 aromatic rings. The molecule has 3 rings (SSSR count). The van der Waals surface area contributed by atoms with Gasteiger partial charge < -0.3 is 15.1 Å². The number of hydrogen-bond donors (Lipinski definition) is 1. The van der Waals surface area contributed by atoms with Crippen molar-refractivity contribution in [1.82, 2.24) is 10.2 Å². The zero-order valence-corrected chi connectivity index (χ0v) is 13.2. The molecule has 0 bridgehead atoms. The highest BCUT2D eigenvalue weighted by molar-refractivity contribution is 6.33. The van der Waals surface area contributed by atoms with Crippen LogP contribution in [0.5, 0.6) is 0 Å². The molecule has 1 N–H and O–H groups in total. The molecule has 1 atom stereocenters. The van der Waals surface area contributed by atoms with Crippen LogP contribution in [0, 0.1) is 0 Å². The average molecular weight is 294 g/mol. The van der Waals surface area contributed by atoms with Gasteiger partial charge in [0.2, 0.25) is 0 Å². The molecule has 0 radical (unpaired) electrons. The lowest BCUT2D eigenvalue weighted by molar-refractivity contribution is 0.313. The summed E-state index contributed by atoms with van der Waals surface area (Å²) >= 11 is 6.56. The number of rotatable bonds is 2. The Kier molecular flexibility index (Phi) is 3.93. The number of anilines is 1. The standard InChI is InChI=1S/C16H24ClN3/c1-16(6-3-7-18-16)13-4-5-15(14(17)12-13)20-10-8-19(2)9-11-20/h4-5,12,18H,3,6-11H2,1-2H3. The number of hydrogen-bond acceptors (Lipinski definition) is 3. The molecule has 0 saturated carbocycles. The van der Waals surface area contributed by atoms with Crippen LogP contribution in [0.25, 0.3) is 0 Å². The van der Waals surface area contributed by atoms with Gasteiger partial charge in [-0.2, -0.15) is 0 Å². The van der Waals surface area contributed by atoms with Crippen LogP contribution in [0.1, 0.15) is 25.3 Å². The fourth-order valence-electron chi connectivity index (χ4n) is 3.29. The third-order valence-electron chi connectivity index (χ3n) is 4.80. The number of halogens is 1. The molecule has 2 saturated heterocycles. The van der Waals surface area contributed by atoms with Crippen LogP contribution < -0.4 is 10.2 Å². The molecule has 0 spiro atoms. The second-order valence-electron chi connectivity index (χ2n) is 6.32. The van der Waals surface area contributed by atoms with Gasteiger partial charge in [-0.25, -0.2) is 0 Å². The summed E-state index contributed by atoms with van der Waals surface area (Å²) in [6, 6.07) is 6.61. The van der Waals surface area contributed by atoms with Crippen molar-refractivity contribution in [2.75, 3.05) is 44.7 Å². The van der Waals surface area contributed by atoms with E-state index in [1.165, 1.54) is 24.1 Å². The van der Waals surface area contributed by atoms with E-state index in [4.69, 9.17) is 11.6 Å². The van der Waals surface area contributed by atoms with E-state index in [1.54, 1.807) is 0 Å². The maximum atomic E-state index is 6.56. The first kappa shape index (κ1) is 14.2. The van der Waals surface area contributed by atoms with Crippen molar-refractivity contribution < 1.29 is 0 Å². The summed E-state index contributed by atoms with van der Waals surface area (Å²) in [5, 5.41) is 4.49. The molecule has 0 aliphatic carbocycles. The molecule has 4 heteroatoms. The molecule has 2 aliphatic heterocycles. The lowest BCUT2D eigenvalue weighted by Crippen LogP contribution is -2.44. The van der Waals surface area contributed by atoms with Crippen molar-refractivity contribution in [2.45, 2.75) is 25.3 Å². The molecular formula is C16H24ClN3. The minimum absolute atomic E-state index is 0.101. The Balaban J connectivity index is 1.81. The summed E-state index contributed by atoms with van der Waals surface area (Å²) in [6.07, 6.45) is 2.44. The Morgan fingerprint density at radius 1 is 1.20 bits per heavy atom. The maximum Gasteiger partial charge on any atom is 0.0643 e. The molecule has 0 aromatic heterocycles. The van der Waals surface area contributed by atoms with Crippen molar-refractivity contribution >= 4 is 17.3 Å². The van der Waals surface area contributed by atoms with Gasteiger partial charge in [-0.15, -0.1) is 0 Å². The van der Waals surface area contributed by atoms with E-state index in [9.17, 15) is 0 Å². The van der Waals surface area contributed by atoms with E-state index in [2.05, 4.69) is 47.3 Å². The quantitative estimate of drug-likeness (QED) is 0.904. The second kappa shape index (κ2) is 5.55. The molecule has 1 aromatic carbocycles. The van der Waals surface area contributed by atoms with Crippen LogP contribution in [-0.4, -0.2) is 44.7 Å². The van der Waals surface area contributed by atoms with E-state index in [0.29, 0.717) is 0 Å². The highest BCUT2D eigenvalue weighted by atomic mass is 35.5. The lowest BCUT2D eigenvalue weighted by atomic mass is 9.90. The zero-order chi connectivity index (χ0) is 14.2. The molecular weight excluding hydrogens is 270 g/mol. The molecule has 2 aliphatic rings. The van der Waals surface area contributed by atoms with E-state index >= 15 is 0 Å². The number of nitrogens with zero attached hydrogens (tertiary/aromatic N) is 2. The molecule has 1 unspecified atom stereocenters. The molecule has 2 fully saturated rings. The van der Waals surface area contributed by atoms with E-state index < -0.39 is 0 Å². The SMILES string of the molecule is CN1CCN(c2ccc(C3(C)CCCN3)cc2Cl)CC1. The number of benzene rings is 1. The van der Waals surface area contributed by atoms with Gasteiger partial charge in [0.1, 0.15) is 0 Å². The molecule has 2 heterocycles. The number of nitrogens with one attached hydrogen (secondary N) is 1. The Hall–Kier alpha value is -0.770. The lowest BCUT2D eigenvalue weighted by Gasteiger charge is -2.35. The van der Waals surface area contributed by atoms with Gasteiger partial charge in [-0.05, 0) is 51.1 Å². The van der Waals surface area contributed by atoms with Gasteiger partial charge >= 0.3 is 0 Å². The largest absolute Gasteiger partial charge is 0.368 e. The first-order chi connectivity index (χ1) is 9.58. The van der Waals surface area contributed by atoms with E-state index in [1.807, 2.05) is 0 Å². The summed E-state index contributed by atoms with van der Waals surface area (Å²) in [6.45, 7) is 7.72. The van der Waals surface area contributed by atoms with Gasteiger partial charge in [-0.3, -0.25) is 0 Å². The number of piperazine rings is 1. The maximum absolute atomic E-state index is 6.56. The summed E-state index contributed by atoms with van der Waals surface area (Å²) < 4.78 is 0. The van der Waals surface area contributed by atoms with E-state index in [0.717, 1.165) is 37.7 Å². The minimum Gasteiger partial charge on any atom is -0.368 e. The fraction of sp³-hybridized carbons (Fsp3) is 0.625. The van der Waals surface area contributed by atoms with Gasteiger partial charge in [0, 0.05) is 31.7 Å². The van der Waals surface area contributed by atoms with Gasteiger partial charge in [-0.1, -0.05) is 17.7 Å². The van der Waals surface area contributed by atoms with Crippen molar-refractivity contribution in [2.24, 2.45) is 0 Å². The summed E-state index contributed by atoms with van der Waals surface area (Å²) in [5.41, 5.74) is 2.60. The Morgan fingerprint density at radius 3 is 2.55 bits per heavy atom. The smallest absolute Gasteiger partial charge is 0.0643 e. The van der Waals surface area contributed by atoms with Crippen LogP contribution in [0.2, 0.25) is 5.02 Å². The third-order valence-corrected chi connectivity index (χ3v) is 5.10. The normalized spacial score (nSPS) is 28.1. The first-order valence-corrected chi connectivity index (χ1v) is 7.95. The first-order valence-electron chi connectivity index (χ1n) is 7.57. The predicted molar refractivity (Wildman–Crippen MR) is 85.8 cm³/mol. The molecule has 110 valence electrons. The van der Waals surface area contributed by atoms with Crippen molar-refractivity contribution in [3.05, 3.63) is 28.8 Å². The fourth-order valence-corrected chi connectivity index (χ4v) is 3.59. The minimum atomic E-state index is 0.101. The topological polar surface area (TPSA) is 18.5 Å². The van der Waals surface area contributed by atoms with E-state index in [-0.39, 0.29) is 5.54 Å². The highest BCUT2D eigenvalue weighted by Gasteiger charge is 2.30. The zero-order valence-electron chi connectivity index (χ0n) is 12.5. The van der Waals surface area contributed by atoms with Crippen molar-refractivity contribution in [3.63, 3.8) is 0 Å². The van der Waals surface area contributed by atoms with Crippen molar-refractivity contribution in [1.29, 1.82) is 0 Å². The Morgan fingerprint density at radius 2 is 1.95 bits per heavy atom. The van der Waals surface area contributed by atoms with Crippen LogP contribution in [-0.2, 0) is 5.54 Å². The Bertz CT molecular complexity index is 475. The molecule has 0 amide bonds. The van der Waals surface area contributed by atoms with Crippen LogP contribution >= 0.6 is 11.6 Å². The van der Waals surface area contributed by atoms with Crippen LogP contribution in [0.4, 0.5) is 5.69 Å². The second-order valence-corrected chi connectivity index (χ2v) is 6.73. The van der Waals surface area contributed by atoms with Crippen LogP contribution in [0.3, 0.4) is 0 Å². The van der Waals surface area contributed by atoms with Gasteiger partial charge in [0.05, 0.1) is 10.7 Å². The molecule has 20 heavy (non-hydrogen) atoms. The summed E-state index contributed by atoms with van der Waals surface area (Å²) in [4.78, 5) is 4.76. The predicted octanol–water partition coefficient (Wildman–Crippen LogP) is 2.69. The summed E-state index contributed by atoms with van der Waals surface area (Å²) in [5.74, 6) is 0. The van der Waals surface area contributed by atoms with Crippen molar-refractivity contribution in [3.8, 4) is 0 Å². The van der Waals surface area contributed by atoms with Gasteiger partial charge in [0.25, 0.3) is 0 Å². The summed E-state index contributed by atoms with van der Waals surface area (Å²) in [7, 11) is 2.18. The van der Waals surface area contributed by atoms with Gasteiger partial charge in [0.15, 0.2) is 0 Å².